The summed E-state index contributed by atoms with van der Waals surface area (Å²) in [6, 6.07) is 10.2. The molecule has 0 saturated carbocycles. The van der Waals surface area contributed by atoms with E-state index in [1.54, 1.807) is 46.2 Å². The van der Waals surface area contributed by atoms with E-state index in [4.69, 9.17) is 32.7 Å². The minimum Gasteiger partial charge on any atom is -0.490 e. The monoisotopic (exact) mass is 450 g/mol. The van der Waals surface area contributed by atoms with Gasteiger partial charge in [-0.2, -0.15) is 0 Å². The van der Waals surface area contributed by atoms with Crippen molar-refractivity contribution in [3.63, 3.8) is 0 Å². The Morgan fingerprint density at radius 3 is 2.10 bits per heavy atom. The number of amides is 2. The van der Waals surface area contributed by atoms with Gasteiger partial charge in [0.15, 0.2) is 11.5 Å². The van der Waals surface area contributed by atoms with Gasteiger partial charge in [-0.15, -0.1) is 0 Å². The summed E-state index contributed by atoms with van der Waals surface area (Å²) >= 11 is 12.2. The van der Waals surface area contributed by atoms with E-state index in [0.717, 1.165) is 0 Å². The third kappa shape index (κ3) is 4.82. The number of piperazine rings is 1. The van der Waals surface area contributed by atoms with Gasteiger partial charge in [-0.25, -0.2) is 0 Å². The topological polar surface area (TPSA) is 59.1 Å². The van der Waals surface area contributed by atoms with Crippen LogP contribution in [0.5, 0.6) is 11.5 Å². The van der Waals surface area contributed by atoms with Crippen LogP contribution in [-0.2, 0) is 0 Å². The van der Waals surface area contributed by atoms with Crippen LogP contribution in [0.3, 0.4) is 0 Å². The molecule has 1 saturated heterocycles. The summed E-state index contributed by atoms with van der Waals surface area (Å²) in [5.41, 5.74) is 0.899. The minimum absolute atomic E-state index is 0.105. The first-order chi connectivity index (χ1) is 14.5. The molecule has 1 fully saturated rings. The van der Waals surface area contributed by atoms with E-state index in [0.29, 0.717) is 67.0 Å². The molecule has 0 N–H and O–H groups in total. The third-order valence-electron chi connectivity index (χ3n) is 4.83. The second kappa shape index (κ2) is 10.0. The van der Waals surface area contributed by atoms with Crippen molar-refractivity contribution in [3.05, 3.63) is 57.6 Å². The van der Waals surface area contributed by atoms with Crippen LogP contribution in [0, 0.1) is 0 Å². The van der Waals surface area contributed by atoms with Gasteiger partial charge in [-0.1, -0.05) is 29.3 Å². The van der Waals surface area contributed by atoms with Crippen LogP contribution >= 0.6 is 23.2 Å². The molecule has 0 atom stereocenters. The van der Waals surface area contributed by atoms with Gasteiger partial charge in [0.25, 0.3) is 11.8 Å². The molecule has 6 nitrogen and oxygen atoms in total. The highest BCUT2D eigenvalue weighted by molar-refractivity contribution is 6.43. The Morgan fingerprint density at radius 2 is 1.47 bits per heavy atom. The number of benzene rings is 2. The van der Waals surface area contributed by atoms with Crippen molar-refractivity contribution in [1.29, 1.82) is 0 Å². The molecule has 0 radical (unpaired) electrons. The molecule has 8 heteroatoms. The molecule has 0 bridgehead atoms. The van der Waals surface area contributed by atoms with Crippen molar-refractivity contribution >= 4 is 35.0 Å². The van der Waals surface area contributed by atoms with E-state index in [-0.39, 0.29) is 16.8 Å². The highest BCUT2D eigenvalue weighted by atomic mass is 35.5. The van der Waals surface area contributed by atoms with Gasteiger partial charge in [0.05, 0.1) is 28.8 Å². The van der Waals surface area contributed by atoms with Gasteiger partial charge in [-0.05, 0) is 44.2 Å². The fraction of sp³-hybridized carbons (Fsp3) is 0.364. The number of nitrogens with zero attached hydrogens (tertiary/aromatic N) is 2. The van der Waals surface area contributed by atoms with Crippen molar-refractivity contribution in [1.82, 2.24) is 9.80 Å². The predicted molar refractivity (Wildman–Crippen MR) is 117 cm³/mol. The number of carbonyl (C=O) groups excluding carboxylic acids is 2. The Balaban J connectivity index is 1.67. The summed E-state index contributed by atoms with van der Waals surface area (Å²) in [5.74, 6) is 0.875. The fourth-order valence-electron chi connectivity index (χ4n) is 3.32. The Bertz CT molecular complexity index is 927. The Labute approximate surface area is 186 Å². The third-order valence-corrected chi connectivity index (χ3v) is 5.65. The lowest BCUT2D eigenvalue weighted by atomic mass is 10.1. The van der Waals surface area contributed by atoms with Crippen molar-refractivity contribution in [2.45, 2.75) is 13.8 Å². The van der Waals surface area contributed by atoms with Gasteiger partial charge in [0.2, 0.25) is 0 Å². The molecular weight excluding hydrogens is 427 g/mol. The second-order valence-electron chi connectivity index (χ2n) is 6.71. The highest BCUT2D eigenvalue weighted by Gasteiger charge is 2.27. The summed E-state index contributed by atoms with van der Waals surface area (Å²) < 4.78 is 11.2. The molecule has 2 aromatic rings. The Morgan fingerprint density at radius 1 is 0.867 bits per heavy atom. The number of carbonyl (C=O) groups is 2. The predicted octanol–water partition coefficient (Wildman–Crippen LogP) is 4.39. The van der Waals surface area contributed by atoms with Gasteiger partial charge < -0.3 is 19.3 Å². The molecule has 30 heavy (non-hydrogen) atoms. The molecule has 3 rings (SSSR count). The average Bonchev–Trinajstić information content (AvgIpc) is 2.76. The molecule has 0 aromatic heterocycles. The second-order valence-corrected chi connectivity index (χ2v) is 7.50. The van der Waals surface area contributed by atoms with Gasteiger partial charge >= 0.3 is 0 Å². The van der Waals surface area contributed by atoms with Gasteiger partial charge in [0.1, 0.15) is 0 Å². The molecule has 0 aliphatic carbocycles. The summed E-state index contributed by atoms with van der Waals surface area (Å²) in [6.07, 6.45) is 0. The van der Waals surface area contributed by atoms with Crippen LogP contribution in [0.2, 0.25) is 10.0 Å². The maximum atomic E-state index is 13.0. The number of halogens is 2. The lowest BCUT2D eigenvalue weighted by Crippen LogP contribution is -2.50. The lowest BCUT2D eigenvalue weighted by molar-refractivity contribution is 0.0535. The fourth-order valence-corrected chi connectivity index (χ4v) is 3.70. The van der Waals surface area contributed by atoms with E-state index in [1.807, 2.05) is 13.8 Å². The minimum atomic E-state index is -0.186. The van der Waals surface area contributed by atoms with E-state index in [2.05, 4.69) is 0 Å². The van der Waals surface area contributed by atoms with E-state index in [9.17, 15) is 9.59 Å². The van der Waals surface area contributed by atoms with Crippen molar-refractivity contribution in [3.8, 4) is 11.5 Å². The molecular formula is C22H24Cl2N2O4. The maximum absolute atomic E-state index is 13.0. The Hall–Kier alpha value is -2.44. The van der Waals surface area contributed by atoms with Crippen LogP contribution in [0.1, 0.15) is 34.6 Å². The molecule has 1 heterocycles. The largest absolute Gasteiger partial charge is 0.490 e. The lowest BCUT2D eigenvalue weighted by Gasteiger charge is -2.35. The normalized spacial score (nSPS) is 13.9. The van der Waals surface area contributed by atoms with E-state index in [1.165, 1.54) is 0 Å². The summed E-state index contributed by atoms with van der Waals surface area (Å²) in [4.78, 5) is 29.2. The van der Waals surface area contributed by atoms with Gasteiger partial charge in [0, 0.05) is 31.7 Å². The summed E-state index contributed by atoms with van der Waals surface area (Å²) in [6.45, 7) is 6.47. The number of rotatable bonds is 6. The molecule has 2 amide bonds. The zero-order valence-electron chi connectivity index (χ0n) is 17.0. The molecule has 1 aliphatic rings. The smallest absolute Gasteiger partial charge is 0.255 e. The van der Waals surface area contributed by atoms with Gasteiger partial charge in [-0.3, -0.25) is 9.59 Å². The quantitative estimate of drug-likeness (QED) is 0.654. The summed E-state index contributed by atoms with van der Waals surface area (Å²) in [7, 11) is 0. The highest BCUT2D eigenvalue weighted by Crippen LogP contribution is 2.30. The van der Waals surface area contributed by atoms with Crippen LogP contribution in [-0.4, -0.2) is 61.0 Å². The van der Waals surface area contributed by atoms with Crippen LogP contribution in [0.15, 0.2) is 36.4 Å². The standard InChI is InChI=1S/C22H24Cl2N2O4/c1-3-29-18-9-8-15(14-19(18)30-4-2)21(27)25-10-12-26(13-11-25)22(28)16-6-5-7-17(23)20(16)24/h5-9,14H,3-4,10-13H2,1-2H3. The SMILES string of the molecule is CCOc1ccc(C(=O)N2CCN(C(=O)c3cccc(Cl)c3Cl)CC2)cc1OCC. The van der Waals surface area contributed by atoms with Crippen LogP contribution in [0.4, 0.5) is 0 Å². The van der Waals surface area contributed by atoms with Crippen molar-refractivity contribution in [2.24, 2.45) is 0 Å². The van der Waals surface area contributed by atoms with Crippen LogP contribution in [0.25, 0.3) is 0 Å². The maximum Gasteiger partial charge on any atom is 0.255 e. The van der Waals surface area contributed by atoms with E-state index >= 15 is 0 Å². The number of hydrogen-bond acceptors (Lipinski definition) is 4. The molecule has 0 spiro atoms. The molecule has 160 valence electrons. The van der Waals surface area contributed by atoms with E-state index < -0.39 is 0 Å². The van der Waals surface area contributed by atoms with Crippen molar-refractivity contribution < 1.29 is 19.1 Å². The average molecular weight is 451 g/mol. The zero-order valence-corrected chi connectivity index (χ0v) is 18.5. The number of ether oxygens (including phenoxy) is 2. The molecule has 2 aromatic carbocycles. The summed E-state index contributed by atoms with van der Waals surface area (Å²) in [5, 5.41) is 0.595. The van der Waals surface area contributed by atoms with Crippen molar-refractivity contribution in [2.75, 3.05) is 39.4 Å². The number of hydrogen-bond donors (Lipinski definition) is 0. The molecule has 1 aliphatic heterocycles. The first-order valence-electron chi connectivity index (χ1n) is 9.88. The zero-order chi connectivity index (χ0) is 21.7. The Kier molecular flexibility index (Phi) is 7.45. The first kappa shape index (κ1) is 22.2. The van der Waals surface area contributed by atoms with Crippen LogP contribution < -0.4 is 9.47 Å². The molecule has 0 unspecified atom stereocenters. The first-order valence-corrected chi connectivity index (χ1v) is 10.6.